The average Bonchev–Trinajstić information content (AvgIpc) is 3.23. The Bertz CT molecular complexity index is 925. The number of nitrogens with zero attached hydrogens (tertiary/aromatic N) is 5. The quantitative estimate of drug-likeness (QED) is 0.716. The Labute approximate surface area is 138 Å². The molecule has 2 heterocycles. The Balaban J connectivity index is 1.80. The van der Waals surface area contributed by atoms with Gasteiger partial charge in [-0.3, -0.25) is 0 Å². The lowest BCUT2D eigenvalue weighted by atomic mass is 10.2. The van der Waals surface area contributed by atoms with Crippen molar-refractivity contribution < 1.29 is 9.15 Å². The molecule has 0 aliphatic carbocycles. The molecule has 0 amide bonds. The first-order valence-corrected chi connectivity index (χ1v) is 7.28. The molecule has 0 N–H and O–H groups in total. The van der Waals surface area contributed by atoms with E-state index in [2.05, 4.69) is 9.97 Å². The topological polar surface area (TPSA) is 101 Å². The number of ether oxygens (including phenoxy) is 1. The second-order valence-electron chi connectivity index (χ2n) is 4.89. The first kappa shape index (κ1) is 15.3. The van der Waals surface area contributed by atoms with Gasteiger partial charge in [-0.25, -0.2) is 9.97 Å². The van der Waals surface area contributed by atoms with Crippen LogP contribution in [0, 0.1) is 22.7 Å². The third kappa shape index (κ3) is 2.96. The van der Waals surface area contributed by atoms with Gasteiger partial charge in [-0.15, -0.1) is 0 Å². The minimum absolute atomic E-state index is 0.104. The van der Waals surface area contributed by atoms with Crippen molar-refractivity contribution in [3.05, 3.63) is 53.9 Å². The summed E-state index contributed by atoms with van der Waals surface area (Å²) in [4.78, 5) is 8.31. The van der Waals surface area contributed by atoms with Gasteiger partial charge >= 0.3 is 0 Å². The normalized spacial score (nSPS) is 10.1. The van der Waals surface area contributed by atoms with Crippen LogP contribution in [0.4, 0.5) is 0 Å². The van der Waals surface area contributed by atoms with Crippen molar-refractivity contribution in [2.45, 2.75) is 13.5 Å². The molecular formula is C17H13N5O2. The summed E-state index contributed by atoms with van der Waals surface area (Å²) in [5, 5.41) is 18.1. The number of imidazole rings is 1. The van der Waals surface area contributed by atoms with Crippen LogP contribution in [-0.4, -0.2) is 21.1 Å². The fourth-order valence-corrected chi connectivity index (χ4v) is 2.25. The molecule has 1 aromatic carbocycles. The molecule has 3 rings (SSSR count). The van der Waals surface area contributed by atoms with Crippen LogP contribution in [0.1, 0.15) is 24.0 Å². The van der Waals surface area contributed by atoms with E-state index in [0.29, 0.717) is 24.7 Å². The van der Waals surface area contributed by atoms with Crippen LogP contribution in [0.15, 0.2) is 41.3 Å². The number of rotatable bonds is 5. The van der Waals surface area contributed by atoms with Gasteiger partial charge in [0.15, 0.2) is 11.4 Å². The fraction of sp³-hybridized carbons (Fsp3) is 0.176. The lowest BCUT2D eigenvalue weighted by Gasteiger charge is -2.02. The predicted octanol–water partition coefficient (Wildman–Crippen LogP) is 2.73. The van der Waals surface area contributed by atoms with Gasteiger partial charge in [0.1, 0.15) is 24.2 Å². The molecule has 7 nitrogen and oxygen atoms in total. The number of oxazole rings is 1. The molecule has 3 aromatic rings. The summed E-state index contributed by atoms with van der Waals surface area (Å²) in [7, 11) is 0. The standard InChI is InChI=1S/C17H13N5O2/c1-2-23-14-5-3-12(4-6-14)17-21-13(10-24-17)9-22-11-20-15(7-18)16(22)8-19/h3-6,10-11H,2,9H2,1H3. The highest BCUT2D eigenvalue weighted by atomic mass is 16.5. The molecule has 0 spiro atoms. The van der Waals surface area contributed by atoms with Gasteiger partial charge in [-0.05, 0) is 31.2 Å². The van der Waals surface area contributed by atoms with Crippen LogP contribution in [-0.2, 0) is 6.54 Å². The largest absolute Gasteiger partial charge is 0.494 e. The van der Waals surface area contributed by atoms with E-state index in [0.717, 1.165) is 11.3 Å². The Morgan fingerprint density at radius 3 is 2.67 bits per heavy atom. The second-order valence-corrected chi connectivity index (χ2v) is 4.89. The second kappa shape index (κ2) is 6.67. The van der Waals surface area contributed by atoms with Crippen LogP contribution in [0.2, 0.25) is 0 Å². The monoisotopic (exact) mass is 319 g/mol. The third-order valence-corrected chi connectivity index (χ3v) is 3.35. The average molecular weight is 319 g/mol. The van der Waals surface area contributed by atoms with Gasteiger partial charge < -0.3 is 13.7 Å². The van der Waals surface area contributed by atoms with Gasteiger partial charge in [0.25, 0.3) is 0 Å². The van der Waals surface area contributed by atoms with Crippen molar-refractivity contribution in [3.8, 4) is 29.3 Å². The molecule has 0 atom stereocenters. The molecule has 0 aliphatic rings. The Hall–Kier alpha value is -3.58. The number of nitriles is 2. The van der Waals surface area contributed by atoms with Crippen LogP contribution >= 0.6 is 0 Å². The van der Waals surface area contributed by atoms with Crippen molar-refractivity contribution in [1.29, 1.82) is 10.5 Å². The molecular weight excluding hydrogens is 306 g/mol. The summed E-state index contributed by atoms with van der Waals surface area (Å²) in [5.41, 5.74) is 1.78. The maximum Gasteiger partial charge on any atom is 0.226 e. The van der Waals surface area contributed by atoms with Crippen LogP contribution in [0.5, 0.6) is 5.75 Å². The van der Waals surface area contributed by atoms with Crippen molar-refractivity contribution in [2.24, 2.45) is 0 Å². The molecule has 24 heavy (non-hydrogen) atoms. The van der Waals surface area contributed by atoms with Crippen molar-refractivity contribution in [2.75, 3.05) is 6.61 Å². The highest BCUT2D eigenvalue weighted by Gasteiger charge is 2.13. The summed E-state index contributed by atoms with van der Waals surface area (Å²) in [6.07, 6.45) is 2.97. The molecule has 0 saturated heterocycles. The maximum atomic E-state index is 9.13. The molecule has 0 radical (unpaired) electrons. The van der Waals surface area contributed by atoms with E-state index >= 15 is 0 Å². The lowest BCUT2D eigenvalue weighted by Crippen LogP contribution is -2.01. The number of aromatic nitrogens is 3. The summed E-state index contributed by atoms with van der Waals surface area (Å²) >= 11 is 0. The van der Waals surface area contributed by atoms with Crippen molar-refractivity contribution in [1.82, 2.24) is 14.5 Å². The maximum absolute atomic E-state index is 9.13. The SMILES string of the molecule is CCOc1ccc(-c2nc(Cn3cnc(C#N)c3C#N)co2)cc1. The molecule has 7 heteroatoms. The van der Waals surface area contributed by atoms with E-state index in [4.69, 9.17) is 19.7 Å². The summed E-state index contributed by atoms with van der Waals surface area (Å²) in [6.45, 7) is 2.84. The van der Waals surface area contributed by atoms with E-state index in [1.54, 1.807) is 4.57 Å². The first-order chi connectivity index (χ1) is 11.7. The van der Waals surface area contributed by atoms with E-state index in [9.17, 15) is 0 Å². The van der Waals surface area contributed by atoms with Crippen molar-refractivity contribution >= 4 is 0 Å². The summed E-state index contributed by atoms with van der Waals surface area (Å²) in [6, 6.07) is 11.3. The van der Waals surface area contributed by atoms with Gasteiger partial charge in [0, 0.05) is 5.56 Å². The Kier molecular flexibility index (Phi) is 4.26. The molecule has 2 aromatic heterocycles. The van der Waals surface area contributed by atoms with E-state index in [1.807, 2.05) is 43.3 Å². The zero-order valence-electron chi connectivity index (χ0n) is 12.9. The first-order valence-electron chi connectivity index (χ1n) is 7.28. The minimum Gasteiger partial charge on any atom is -0.494 e. The Morgan fingerprint density at radius 1 is 1.21 bits per heavy atom. The molecule has 0 bridgehead atoms. The summed E-state index contributed by atoms with van der Waals surface area (Å²) in [5.74, 6) is 1.27. The van der Waals surface area contributed by atoms with Gasteiger partial charge in [-0.1, -0.05) is 0 Å². The number of benzene rings is 1. The summed E-state index contributed by atoms with van der Waals surface area (Å²) < 4.78 is 12.5. The molecule has 0 fully saturated rings. The zero-order valence-corrected chi connectivity index (χ0v) is 12.9. The van der Waals surface area contributed by atoms with E-state index in [1.165, 1.54) is 12.6 Å². The smallest absolute Gasteiger partial charge is 0.226 e. The van der Waals surface area contributed by atoms with Crippen molar-refractivity contribution in [3.63, 3.8) is 0 Å². The highest BCUT2D eigenvalue weighted by molar-refractivity contribution is 5.54. The molecule has 0 aliphatic heterocycles. The molecule has 118 valence electrons. The van der Waals surface area contributed by atoms with Crippen LogP contribution in [0.25, 0.3) is 11.5 Å². The van der Waals surface area contributed by atoms with Gasteiger partial charge in [0.2, 0.25) is 5.89 Å². The van der Waals surface area contributed by atoms with Gasteiger partial charge in [0.05, 0.1) is 25.2 Å². The molecule has 0 unspecified atom stereocenters. The van der Waals surface area contributed by atoms with Gasteiger partial charge in [-0.2, -0.15) is 10.5 Å². The number of hydrogen-bond donors (Lipinski definition) is 0. The van der Waals surface area contributed by atoms with E-state index in [-0.39, 0.29) is 11.4 Å². The van der Waals surface area contributed by atoms with Crippen LogP contribution in [0.3, 0.4) is 0 Å². The third-order valence-electron chi connectivity index (χ3n) is 3.35. The zero-order chi connectivity index (χ0) is 16.9. The van der Waals surface area contributed by atoms with E-state index < -0.39 is 0 Å². The number of hydrogen-bond acceptors (Lipinski definition) is 6. The fourth-order valence-electron chi connectivity index (χ4n) is 2.25. The predicted molar refractivity (Wildman–Crippen MR) is 83.9 cm³/mol. The lowest BCUT2D eigenvalue weighted by molar-refractivity contribution is 0.340. The molecule has 0 saturated carbocycles. The van der Waals surface area contributed by atoms with Crippen LogP contribution < -0.4 is 4.74 Å². The Morgan fingerprint density at radius 2 is 2.00 bits per heavy atom. The minimum atomic E-state index is 0.104. The highest BCUT2D eigenvalue weighted by Crippen LogP contribution is 2.22.